The molecule has 2 aromatic rings. The van der Waals surface area contributed by atoms with Crippen molar-refractivity contribution >= 4 is 17.2 Å². The minimum Gasteiger partial charge on any atom is -0.507 e. The molecule has 1 aromatic carbocycles. The minimum atomic E-state index is -0.341. The molecule has 2 fully saturated rings. The molecule has 0 atom stereocenters. The summed E-state index contributed by atoms with van der Waals surface area (Å²) in [5.74, 6) is 0.868. The van der Waals surface area contributed by atoms with E-state index in [2.05, 4.69) is 25.5 Å². The molecule has 1 aliphatic carbocycles. The molecule has 0 radical (unpaired) electrons. The monoisotopic (exact) mass is 424 g/mol. The Morgan fingerprint density at radius 3 is 2.74 bits per heavy atom. The fourth-order valence-corrected chi connectivity index (χ4v) is 4.65. The smallest absolute Gasteiger partial charge is 0.262 e. The molecule has 5 N–H and O–H groups in total. The van der Waals surface area contributed by atoms with Crippen molar-refractivity contribution in [1.29, 1.82) is 5.41 Å². The minimum absolute atomic E-state index is 0.0787. The molecule has 8 heteroatoms. The van der Waals surface area contributed by atoms with Gasteiger partial charge in [0.15, 0.2) is 0 Å². The second kappa shape index (κ2) is 9.51. The number of nitrogens with zero attached hydrogens (tertiary/aromatic N) is 2. The normalized spacial score (nSPS) is 17.9. The van der Waals surface area contributed by atoms with E-state index < -0.39 is 0 Å². The lowest BCUT2D eigenvalue weighted by Gasteiger charge is -2.23. The van der Waals surface area contributed by atoms with Crippen molar-refractivity contribution in [3.8, 4) is 17.1 Å². The van der Waals surface area contributed by atoms with Crippen LogP contribution in [0.5, 0.6) is 5.75 Å². The van der Waals surface area contributed by atoms with Crippen molar-refractivity contribution in [2.24, 2.45) is 5.92 Å². The largest absolute Gasteiger partial charge is 0.507 e. The van der Waals surface area contributed by atoms with Gasteiger partial charge >= 0.3 is 0 Å². The number of anilines is 2. The van der Waals surface area contributed by atoms with Gasteiger partial charge in [-0.3, -0.25) is 4.79 Å². The molecular formula is C23H32N6O2. The van der Waals surface area contributed by atoms with Crippen LogP contribution in [0.1, 0.15) is 44.1 Å². The molecule has 0 bridgehead atoms. The third-order valence-corrected chi connectivity index (χ3v) is 6.38. The average molecular weight is 425 g/mol. The first kappa shape index (κ1) is 21.4. The number of aromatic hydroxyl groups is 1. The SMILES string of the molecule is CNc1nc(-c2ccc(N3CCCNCC3)cc2O)[nH]c(=O)c1C(=N)C1CCCCC1. The predicted molar refractivity (Wildman–Crippen MR) is 125 cm³/mol. The number of benzene rings is 1. The summed E-state index contributed by atoms with van der Waals surface area (Å²) >= 11 is 0. The molecule has 31 heavy (non-hydrogen) atoms. The lowest BCUT2D eigenvalue weighted by atomic mass is 9.83. The van der Waals surface area contributed by atoms with E-state index in [4.69, 9.17) is 5.41 Å². The first-order valence-corrected chi connectivity index (χ1v) is 11.3. The van der Waals surface area contributed by atoms with E-state index in [0.29, 0.717) is 28.5 Å². The Kier molecular flexibility index (Phi) is 6.56. The molecule has 1 saturated heterocycles. The molecule has 2 heterocycles. The Hall–Kier alpha value is -2.87. The molecule has 8 nitrogen and oxygen atoms in total. The number of hydrogen-bond donors (Lipinski definition) is 5. The van der Waals surface area contributed by atoms with Crippen LogP contribution in [-0.4, -0.2) is 54.0 Å². The Bertz CT molecular complexity index is 988. The third kappa shape index (κ3) is 4.58. The van der Waals surface area contributed by atoms with Crippen LogP contribution in [0.3, 0.4) is 0 Å². The van der Waals surface area contributed by atoms with Crippen LogP contribution in [0.2, 0.25) is 0 Å². The van der Waals surface area contributed by atoms with Crippen LogP contribution >= 0.6 is 0 Å². The number of rotatable bonds is 5. The number of aromatic nitrogens is 2. The zero-order valence-electron chi connectivity index (χ0n) is 18.1. The van der Waals surface area contributed by atoms with Gasteiger partial charge in [-0.05, 0) is 37.9 Å². The first-order chi connectivity index (χ1) is 15.1. The van der Waals surface area contributed by atoms with Crippen molar-refractivity contribution in [2.45, 2.75) is 38.5 Å². The maximum absolute atomic E-state index is 13.0. The lowest BCUT2D eigenvalue weighted by molar-refractivity contribution is 0.438. The summed E-state index contributed by atoms with van der Waals surface area (Å²) < 4.78 is 0. The van der Waals surface area contributed by atoms with E-state index in [9.17, 15) is 9.90 Å². The van der Waals surface area contributed by atoms with E-state index in [0.717, 1.165) is 64.0 Å². The summed E-state index contributed by atoms with van der Waals surface area (Å²) in [6.07, 6.45) is 6.32. The van der Waals surface area contributed by atoms with Gasteiger partial charge in [0.1, 0.15) is 23.0 Å². The van der Waals surface area contributed by atoms with Gasteiger partial charge < -0.3 is 31.0 Å². The van der Waals surface area contributed by atoms with Gasteiger partial charge in [0.2, 0.25) is 0 Å². The number of nitrogens with one attached hydrogen (secondary N) is 4. The topological polar surface area (TPSA) is 117 Å². The number of hydrogen-bond acceptors (Lipinski definition) is 7. The van der Waals surface area contributed by atoms with Gasteiger partial charge in [-0.2, -0.15) is 0 Å². The highest BCUT2D eigenvalue weighted by Gasteiger charge is 2.25. The molecular weight excluding hydrogens is 392 g/mol. The zero-order chi connectivity index (χ0) is 21.8. The number of H-pyrrole nitrogens is 1. The van der Waals surface area contributed by atoms with Gasteiger partial charge in [-0.15, -0.1) is 0 Å². The Balaban J connectivity index is 1.64. The van der Waals surface area contributed by atoms with Gasteiger partial charge in [0, 0.05) is 44.4 Å². The molecule has 0 unspecified atom stereocenters. The fourth-order valence-electron chi connectivity index (χ4n) is 4.65. The second-order valence-corrected chi connectivity index (χ2v) is 8.43. The summed E-state index contributed by atoms with van der Waals surface area (Å²) in [6.45, 7) is 3.73. The Morgan fingerprint density at radius 2 is 2.00 bits per heavy atom. The zero-order valence-corrected chi connectivity index (χ0v) is 18.1. The van der Waals surface area contributed by atoms with Crippen molar-refractivity contribution in [3.05, 3.63) is 34.1 Å². The molecule has 166 valence electrons. The van der Waals surface area contributed by atoms with Gasteiger partial charge in [-0.1, -0.05) is 19.3 Å². The Morgan fingerprint density at radius 1 is 1.19 bits per heavy atom. The van der Waals surface area contributed by atoms with E-state index in [1.54, 1.807) is 19.2 Å². The van der Waals surface area contributed by atoms with Crippen molar-refractivity contribution < 1.29 is 5.11 Å². The van der Waals surface area contributed by atoms with Crippen molar-refractivity contribution in [2.75, 3.05) is 43.4 Å². The number of phenolic OH excluding ortho intramolecular Hbond substituents is 1. The standard InChI is InChI=1S/C23H32N6O2/c1-25-22-19(20(24)15-6-3-2-4-7-15)23(31)28-21(27-22)17-9-8-16(14-18(17)30)29-12-5-10-26-11-13-29/h8-9,14-15,24,26,30H,2-7,10-13H2,1H3,(H2,25,27,28,31). The molecule has 1 aromatic heterocycles. The van der Waals surface area contributed by atoms with E-state index in [1.165, 1.54) is 6.42 Å². The maximum atomic E-state index is 13.0. The maximum Gasteiger partial charge on any atom is 0.262 e. The van der Waals surface area contributed by atoms with Crippen LogP contribution in [-0.2, 0) is 0 Å². The Labute approximate surface area is 182 Å². The first-order valence-electron chi connectivity index (χ1n) is 11.3. The summed E-state index contributed by atoms with van der Waals surface area (Å²) in [7, 11) is 1.71. The molecule has 0 amide bonds. The van der Waals surface area contributed by atoms with E-state index in [-0.39, 0.29) is 17.2 Å². The molecule has 1 aliphatic heterocycles. The van der Waals surface area contributed by atoms with Gasteiger partial charge in [0.05, 0.1) is 11.3 Å². The molecule has 2 aliphatic rings. The van der Waals surface area contributed by atoms with E-state index in [1.807, 2.05) is 6.07 Å². The van der Waals surface area contributed by atoms with Gasteiger partial charge in [-0.25, -0.2) is 4.98 Å². The number of phenols is 1. The summed E-state index contributed by atoms with van der Waals surface area (Å²) in [6, 6.07) is 5.49. The third-order valence-electron chi connectivity index (χ3n) is 6.38. The molecule has 4 rings (SSSR count). The van der Waals surface area contributed by atoms with Crippen LogP contribution in [0.4, 0.5) is 11.5 Å². The highest BCUT2D eigenvalue weighted by atomic mass is 16.3. The summed E-state index contributed by atoms with van der Waals surface area (Å²) in [4.78, 5) is 22.6. The fraction of sp³-hybridized carbons (Fsp3) is 0.522. The van der Waals surface area contributed by atoms with Crippen molar-refractivity contribution in [3.63, 3.8) is 0 Å². The van der Waals surface area contributed by atoms with Crippen molar-refractivity contribution in [1.82, 2.24) is 15.3 Å². The van der Waals surface area contributed by atoms with Crippen LogP contribution in [0.15, 0.2) is 23.0 Å². The quantitative estimate of drug-likeness (QED) is 0.471. The van der Waals surface area contributed by atoms with Crippen LogP contribution < -0.4 is 21.1 Å². The molecule has 0 spiro atoms. The molecule has 1 saturated carbocycles. The summed E-state index contributed by atoms with van der Waals surface area (Å²) in [5.41, 5.74) is 1.76. The second-order valence-electron chi connectivity index (χ2n) is 8.43. The summed E-state index contributed by atoms with van der Waals surface area (Å²) in [5, 5.41) is 25.7. The van der Waals surface area contributed by atoms with Gasteiger partial charge in [0.25, 0.3) is 5.56 Å². The van der Waals surface area contributed by atoms with Crippen LogP contribution in [0, 0.1) is 11.3 Å². The number of aromatic amines is 1. The van der Waals surface area contributed by atoms with Crippen LogP contribution in [0.25, 0.3) is 11.4 Å². The lowest BCUT2D eigenvalue weighted by Crippen LogP contribution is -2.28. The van der Waals surface area contributed by atoms with E-state index >= 15 is 0 Å². The highest BCUT2D eigenvalue weighted by molar-refractivity contribution is 6.03. The average Bonchev–Trinajstić information content (AvgIpc) is 3.08. The highest BCUT2D eigenvalue weighted by Crippen LogP contribution is 2.32. The predicted octanol–water partition coefficient (Wildman–Crippen LogP) is 2.93.